The minimum absolute atomic E-state index is 0.0827. The summed E-state index contributed by atoms with van der Waals surface area (Å²) in [5.74, 6) is 0.482. The van der Waals surface area contributed by atoms with Gasteiger partial charge in [-0.3, -0.25) is 19.1 Å². The van der Waals surface area contributed by atoms with E-state index >= 15 is 0 Å². The van der Waals surface area contributed by atoms with E-state index in [4.69, 9.17) is 0 Å². The molecule has 0 saturated carbocycles. The van der Waals surface area contributed by atoms with Crippen LogP contribution in [0.4, 0.5) is 0 Å². The van der Waals surface area contributed by atoms with Crippen LogP contribution in [0.1, 0.15) is 33.7 Å². The number of nitrogens with one attached hydrogen (secondary N) is 2. The van der Waals surface area contributed by atoms with E-state index in [-0.39, 0.29) is 23.2 Å². The number of carbonyl (C=O) groups is 1. The summed E-state index contributed by atoms with van der Waals surface area (Å²) in [6.07, 6.45) is 3.23. The average molecular weight is 385 g/mol. The number of H-pyrrole nitrogens is 1. The molecule has 0 atom stereocenters. The minimum Gasteiger partial charge on any atom is -0.331 e. The van der Waals surface area contributed by atoms with Crippen LogP contribution in [0, 0.1) is 0 Å². The van der Waals surface area contributed by atoms with Crippen LogP contribution in [0.15, 0.2) is 44.9 Å². The normalized spacial score (nSPS) is 14.4. The highest BCUT2D eigenvalue weighted by molar-refractivity contribution is 9.12. The van der Waals surface area contributed by atoms with Crippen molar-refractivity contribution < 1.29 is 4.79 Å². The molecule has 0 aromatic carbocycles. The van der Waals surface area contributed by atoms with E-state index in [9.17, 15) is 14.4 Å². The zero-order valence-electron chi connectivity index (χ0n) is 13.6. The van der Waals surface area contributed by atoms with E-state index in [1.54, 1.807) is 6.20 Å². The first kappa shape index (κ1) is 19.0. The first-order valence-corrected chi connectivity index (χ1v) is 7.90. The predicted octanol–water partition coefficient (Wildman–Crippen LogP) is 1.65. The molecule has 1 aliphatic rings. The van der Waals surface area contributed by atoms with Gasteiger partial charge in [0.2, 0.25) is 0 Å². The van der Waals surface area contributed by atoms with Crippen LogP contribution < -0.4 is 16.6 Å². The molecule has 1 aromatic rings. The van der Waals surface area contributed by atoms with Gasteiger partial charge in [-0.05, 0) is 43.6 Å². The third-order valence-electron chi connectivity index (χ3n) is 3.00. The van der Waals surface area contributed by atoms with Crippen molar-refractivity contribution >= 4 is 21.8 Å². The van der Waals surface area contributed by atoms with Crippen molar-refractivity contribution in [2.24, 2.45) is 0 Å². The van der Waals surface area contributed by atoms with Gasteiger partial charge in [-0.1, -0.05) is 6.58 Å². The fourth-order valence-corrected chi connectivity index (χ4v) is 2.13. The Morgan fingerprint density at radius 2 is 1.74 bits per heavy atom. The smallest absolute Gasteiger partial charge is 0.328 e. The molecular formula is C15H21BrN4O3. The highest BCUT2D eigenvalue weighted by Crippen LogP contribution is 2.17. The van der Waals surface area contributed by atoms with Crippen LogP contribution in [-0.2, 0) is 4.79 Å². The average Bonchev–Trinajstić information content (AvgIpc) is 2.42. The summed E-state index contributed by atoms with van der Waals surface area (Å²) in [4.78, 5) is 36.7. The van der Waals surface area contributed by atoms with Crippen molar-refractivity contribution in [3.8, 4) is 0 Å². The molecule has 0 bridgehead atoms. The summed E-state index contributed by atoms with van der Waals surface area (Å²) in [5.41, 5.74) is -0.709. The molecule has 0 unspecified atom stereocenters. The van der Waals surface area contributed by atoms with Gasteiger partial charge in [-0.25, -0.2) is 4.79 Å². The van der Waals surface area contributed by atoms with Gasteiger partial charge in [0.25, 0.3) is 11.5 Å². The number of aromatic nitrogens is 2. The topological polar surface area (TPSA) is 87.2 Å². The van der Waals surface area contributed by atoms with Crippen LogP contribution in [0.2, 0.25) is 0 Å². The van der Waals surface area contributed by atoms with Crippen LogP contribution in [0.3, 0.4) is 0 Å². The Kier molecular flexibility index (Phi) is 6.56. The maximum atomic E-state index is 11.1. The lowest BCUT2D eigenvalue weighted by atomic mass is 10.3. The molecule has 2 N–H and O–H groups in total. The van der Waals surface area contributed by atoms with Crippen molar-refractivity contribution in [1.82, 2.24) is 19.8 Å². The summed E-state index contributed by atoms with van der Waals surface area (Å²) < 4.78 is 1.99. The Balaban J connectivity index is 0.000000231. The lowest BCUT2D eigenvalue weighted by Gasteiger charge is -2.30. The number of hydrogen-bond acceptors (Lipinski definition) is 4. The van der Waals surface area contributed by atoms with Crippen LogP contribution in [0.5, 0.6) is 0 Å². The maximum Gasteiger partial charge on any atom is 0.328 e. The molecule has 23 heavy (non-hydrogen) atoms. The van der Waals surface area contributed by atoms with Crippen molar-refractivity contribution in [1.29, 1.82) is 0 Å². The number of rotatable bonds is 2. The molecule has 8 heteroatoms. The van der Waals surface area contributed by atoms with E-state index in [1.807, 2.05) is 32.6 Å². The first-order chi connectivity index (χ1) is 10.6. The molecular weight excluding hydrogens is 364 g/mol. The lowest BCUT2D eigenvalue weighted by molar-refractivity contribution is -0.117. The minimum atomic E-state index is -0.355. The van der Waals surface area contributed by atoms with Crippen molar-refractivity contribution in [3.05, 3.63) is 56.2 Å². The number of carbonyl (C=O) groups excluding carboxylic acids is 1. The van der Waals surface area contributed by atoms with E-state index in [1.165, 1.54) is 16.8 Å². The third kappa shape index (κ3) is 5.24. The fourth-order valence-electron chi connectivity index (χ4n) is 1.81. The molecule has 2 rings (SSSR count). The summed E-state index contributed by atoms with van der Waals surface area (Å²) in [7, 11) is 0. The van der Waals surface area contributed by atoms with Gasteiger partial charge in [0.05, 0.1) is 4.48 Å². The van der Waals surface area contributed by atoms with Gasteiger partial charge >= 0.3 is 5.69 Å². The second-order valence-corrected chi connectivity index (χ2v) is 6.34. The molecule has 1 aliphatic heterocycles. The second-order valence-electron chi connectivity index (χ2n) is 5.49. The van der Waals surface area contributed by atoms with E-state index in [2.05, 4.69) is 32.8 Å². The van der Waals surface area contributed by atoms with Crippen molar-refractivity contribution in [2.75, 3.05) is 0 Å². The Morgan fingerprint density at radius 1 is 1.13 bits per heavy atom. The monoisotopic (exact) mass is 384 g/mol. The molecule has 7 nitrogen and oxygen atoms in total. The van der Waals surface area contributed by atoms with Crippen molar-refractivity contribution in [3.63, 3.8) is 0 Å². The number of amides is 1. The van der Waals surface area contributed by atoms with Crippen LogP contribution in [0.25, 0.3) is 0 Å². The Hall–Kier alpha value is -2.09. The predicted molar refractivity (Wildman–Crippen MR) is 93.0 cm³/mol. The van der Waals surface area contributed by atoms with Gasteiger partial charge in [0, 0.05) is 30.5 Å². The fraction of sp³-hybridized carbons (Fsp3) is 0.400. The molecule has 0 aliphatic carbocycles. The molecule has 126 valence electrons. The standard InChI is InChI=1S/C8H11BrN2O.C7H10N2O2/c1-5(2)11-4-7(9)8(12)10-6(11)3;1-5(2)9-4-3-6(10)8-7(9)11/h4-5H,3H2,1-2H3,(H,10,12);3-5H,1-2H3,(H,8,10,11). The number of hydrogen-bond donors (Lipinski definition) is 2. The Bertz CT molecular complexity index is 731. The van der Waals surface area contributed by atoms with Gasteiger partial charge in [0.1, 0.15) is 5.82 Å². The van der Waals surface area contributed by atoms with Gasteiger partial charge in [-0.15, -0.1) is 0 Å². The highest BCUT2D eigenvalue weighted by Gasteiger charge is 2.20. The van der Waals surface area contributed by atoms with Crippen LogP contribution in [-0.4, -0.2) is 26.4 Å². The highest BCUT2D eigenvalue weighted by atomic mass is 79.9. The zero-order chi connectivity index (χ0) is 17.7. The first-order valence-electron chi connectivity index (χ1n) is 7.11. The Labute approximate surface area is 142 Å². The zero-order valence-corrected chi connectivity index (χ0v) is 15.2. The molecule has 1 aromatic heterocycles. The maximum absolute atomic E-state index is 11.1. The third-order valence-corrected chi connectivity index (χ3v) is 3.57. The van der Waals surface area contributed by atoms with E-state index < -0.39 is 0 Å². The number of nitrogens with zero attached hydrogens (tertiary/aromatic N) is 2. The Morgan fingerprint density at radius 3 is 2.22 bits per heavy atom. The van der Waals surface area contributed by atoms with Gasteiger partial charge < -0.3 is 10.2 Å². The lowest BCUT2D eigenvalue weighted by Crippen LogP contribution is -2.39. The number of aromatic amines is 1. The largest absolute Gasteiger partial charge is 0.331 e. The molecule has 0 spiro atoms. The summed E-state index contributed by atoms with van der Waals surface area (Å²) in [6.45, 7) is 11.5. The molecule has 1 amide bonds. The number of halogens is 1. The summed E-state index contributed by atoms with van der Waals surface area (Å²) >= 11 is 3.16. The molecule has 0 radical (unpaired) electrons. The molecule has 2 heterocycles. The quantitative estimate of drug-likeness (QED) is 0.811. The van der Waals surface area contributed by atoms with E-state index in [0.717, 1.165) is 0 Å². The van der Waals surface area contributed by atoms with Crippen molar-refractivity contribution in [2.45, 2.75) is 39.8 Å². The van der Waals surface area contributed by atoms with E-state index in [0.29, 0.717) is 16.3 Å². The second kappa shape index (κ2) is 7.96. The molecule has 0 saturated heterocycles. The summed E-state index contributed by atoms with van der Waals surface area (Å²) in [6, 6.07) is 1.71. The SMILES string of the molecule is C=C1NC(=O)C(Br)=CN1C(C)C.CC(C)n1ccc(=O)[nH]c1=O. The van der Waals surface area contributed by atoms with Gasteiger partial charge in [0.15, 0.2) is 0 Å². The molecule has 0 fully saturated rings. The summed E-state index contributed by atoms with van der Waals surface area (Å²) in [5, 5.41) is 2.64. The van der Waals surface area contributed by atoms with Crippen LogP contribution >= 0.6 is 15.9 Å². The van der Waals surface area contributed by atoms with Gasteiger partial charge in [-0.2, -0.15) is 0 Å².